The normalized spacial score (nSPS) is 17.3. The Hall–Kier alpha value is -1.35. The molecule has 1 atom stereocenters. The van der Waals surface area contributed by atoms with E-state index in [-0.39, 0.29) is 6.04 Å². The maximum Gasteiger partial charge on any atom is 0.222 e. The number of nitrogens with one attached hydrogen (secondary N) is 1. The number of carbonyl (C=O) groups is 1. The minimum atomic E-state index is 0.225. The first-order chi connectivity index (χ1) is 9.11. The fourth-order valence-corrected chi connectivity index (χ4v) is 2.59. The molecule has 0 aliphatic carbocycles. The Kier molecular flexibility index (Phi) is 4.59. The van der Waals surface area contributed by atoms with Crippen molar-refractivity contribution >= 4 is 5.91 Å². The van der Waals surface area contributed by atoms with Gasteiger partial charge in [-0.25, -0.2) is 0 Å². The number of nitrogens with zero attached hydrogens (tertiary/aromatic N) is 1. The number of hydrogen-bond donors (Lipinski definition) is 1. The molecule has 1 aliphatic heterocycles. The van der Waals surface area contributed by atoms with Gasteiger partial charge in [-0.3, -0.25) is 4.79 Å². The smallest absolute Gasteiger partial charge is 0.222 e. The van der Waals surface area contributed by atoms with Gasteiger partial charge in [-0.05, 0) is 30.5 Å². The van der Waals surface area contributed by atoms with E-state index in [1.54, 1.807) is 0 Å². The van der Waals surface area contributed by atoms with Crippen LogP contribution in [0.15, 0.2) is 24.3 Å². The molecular formula is C16H24N2O. The van der Waals surface area contributed by atoms with Crippen LogP contribution in [0.2, 0.25) is 0 Å². The van der Waals surface area contributed by atoms with Crippen molar-refractivity contribution in [2.24, 2.45) is 0 Å². The van der Waals surface area contributed by atoms with Gasteiger partial charge in [0, 0.05) is 25.6 Å². The summed E-state index contributed by atoms with van der Waals surface area (Å²) in [6.45, 7) is 6.08. The van der Waals surface area contributed by atoms with Crippen molar-refractivity contribution < 1.29 is 4.79 Å². The summed E-state index contributed by atoms with van der Waals surface area (Å²) in [5.74, 6) is 0.848. The van der Waals surface area contributed by atoms with Gasteiger partial charge in [-0.2, -0.15) is 0 Å². The highest BCUT2D eigenvalue weighted by Crippen LogP contribution is 2.21. The van der Waals surface area contributed by atoms with Crippen molar-refractivity contribution in [3.63, 3.8) is 0 Å². The first-order valence-corrected chi connectivity index (χ1v) is 7.16. The summed E-state index contributed by atoms with van der Waals surface area (Å²) >= 11 is 0. The van der Waals surface area contributed by atoms with Gasteiger partial charge in [0.15, 0.2) is 0 Å². The molecule has 1 aliphatic rings. The van der Waals surface area contributed by atoms with E-state index in [2.05, 4.69) is 43.4 Å². The average Bonchev–Trinajstić information content (AvgIpc) is 2.81. The van der Waals surface area contributed by atoms with E-state index in [0.717, 1.165) is 19.5 Å². The number of likely N-dealkylation sites (N-methyl/N-ethyl adjacent to an activating group) is 1. The van der Waals surface area contributed by atoms with Gasteiger partial charge in [-0.15, -0.1) is 0 Å². The Morgan fingerprint density at radius 1 is 1.21 bits per heavy atom. The second-order valence-electron chi connectivity index (χ2n) is 5.61. The van der Waals surface area contributed by atoms with Crippen LogP contribution in [-0.2, 0) is 4.79 Å². The molecule has 1 fully saturated rings. The van der Waals surface area contributed by atoms with Gasteiger partial charge in [0.2, 0.25) is 5.91 Å². The summed E-state index contributed by atoms with van der Waals surface area (Å²) in [7, 11) is 1.96. The molecule has 3 nitrogen and oxygen atoms in total. The highest BCUT2D eigenvalue weighted by molar-refractivity contribution is 5.78. The minimum Gasteiger partial charge on any atom is -0.341 e. The van der Waals surface area contributed by atoms with E-state index in [9.17, 15) is 4.79 Å². The lowest BCUT2D eigenvalue weighted by atomic mass is 9.99. The molecule has 0 saturated carbocycles. The van der Waals surface area contributed by atoms with Crippen LogP contribution in [0.3, 0.4) is 0 Å². The molecule has 1 amide bonds. The summed E-state index contributed by atoms with van der Waals surface area (Å²) in [5, 5.41) is 3.32. The molecule has 0 aromatic heterocycles. The van der Waals surface area contributed by atoms with Crippen LogP contribution in [-0.4, -0.2) is 30.9 Å². The Labute approximate surface area is 116 Å². The molecule has 0 bridgehead atoms. The predicted octanol–water partition coefficient (Wildman–Crippen LogP) is 2.69. The molecule has 1 aromatic rings. The standard InChI is InChI=1S/C16H24N2O/c1-12(2)13-6-8-14(9-7-13)15(17-3)11-18-10-4-5-16(18)19/h6-9,12,15,17H,4-5,10-11H2,1-3H3. The van der Waals surface area contributed by atoms with Gasteiger partial charge >= 0.3 is 0 Å². The summed E-state index contributed by atoms with van der Waals surface area (Å²) in [6.07, 6.45) is 1.71. The number of benzene rings is 1. The zero-order valence-electron chi connectivity index (χ0n) is 12.1. The zero-order chi connectivity index (χ0) is 13.8. The molecule has 3 heteroatoms. The van der Waals surface area contributed by atoms with E-state index in [4.69, 9.17) is 0 Å². The van der Waals surface area contributed by atoms with Crippen LogP contribution >= 0.6 is 0 Å². The fourth-order valence-electron chi connectivity index (χ4n) is 2.59. The Morgan fingerprint density at radius 3 is 2.32 bits per heavy atom. The third-order valence-corrected chi connectivity index (χ3v) is 3.93. The molecule has 1 saturated heterocycles. The maximum atomic E-state index is 11.7. The summed E-state index contributed by atoms with van der Waals surface area (Å²) in [4.78, 5) is 13.7. The second kappa shape index (κ2) is 6.20. The first-order valence-electron chi connectivity index (χ1n) is 7.16. The molecule has 1 N–H and O–H groups in total. The molecular weight excluding hydrogens is 236 g/mol. The van der Waals surface area contributed by atoms with Gasteiger partial charge in [-0.1, -0.05) is 38.1 Å². The van der Waals surface area contributed by atoms with E-state index in [1.165, 1.54) is 11.1 Å². The van der Waals surface area contributed by atoms with Crippen LogP contribution in [0.5, 0.6) is 0 Å². The summed E-state index contributed by atoms with van der Waals surface area (Å²) < 4.78 is 0. The molecule has 1 unspecified atom stereocenters. The van der Waals surface area contributed by atoms with E-state index in [1.807, 2.05) is 11.9 Å². The quantitative estimate of drug-likeness (QED) is 0.883. The van der Waals surface area contributed by atoms with E-state index < -0.39 is 0 Å². The summed E-state index contributed by atoms with van der Waals surface area (Å²) in [5.41, 5.74) is 2.61. The van der Waals surface area contributed by atoms with Crippen molar-refractivity contribution in [2.75, 3.05) is 20.1 Å². The van der Waals surface area contributed by atoms with E-state index >= 15 is 0 Å². The predicted molar refractivity (Wildman–Crippen MR) is 78.1 cm³/mol. The largest absolute Gasteiger partial charge is 0.341 e. The highest BCUT2D eigenvalue weighted by atomic mass is 16.2. The van der Waals surface area contributed by atoms with Crippen LogP contribution in [0.4, 0.5) is 0 Å². The molecule has 19 heavy (non-hydrogen) atoms. The highest BCUT2D eigenvalue weighted by Gasteiger charge is 2.23. The maximum absolute atomic E-state index is 11.7. The third-order valence-electron chi connectivity index (χ3n) is 3.93. The summed E-state index contributed by atoms with van der Waals surface area (Å²) in [6, 6.07) is 8.96. The minimum absolute atomic E-state index is 0.225. The lowest BCUT2D eigenvalue weighted by Crippen LogP contribution is -2.34. The van der Waals surface area contributed by atoms with Crippen LogP contribution in [0.25, 0.3) is 0 Å². The monoisotopic (exact) mass is 260 g/mol. The zero-order valence-corrected chi connectivity index (χ0v) is 12.1. The number of hydrogen-bond acceptors (Lipinski definition) is 2. The van der Waals surface area contributed by atoms with Gasteiger partial charge in [0.05, 0.1) is 0 Å². The number of carbonyl (C=O) groups excluding carboxylic acids is 1. The number of likely N-dealkylation sites (tertiary alicyclic amines) is 1. The molecule has 104 valence electrons. The van der Waals surface area contributed by atoms with Gasteiger partial charge in [0.1, 0.15) is 0 Å². The topological polar surface area (TPSA) is 32.3 Å². The van der Waals surface area contributed by atoms with Crippen molar-refractivity contribution in [3.8, 4) is 0 Å². The number of rotatable bonds is 5. The van der Waals surface area contributed by atoms with E-state index in [0.29, 0.717) is 18.2 Å². The Balaban J connectivity index is 2.06. The lowest BCUT2D eigenvalue weighted by Gasteiger charge is -2.24. The lowest BCUT2D eigenvalue weighted by molar-refractivity contribution is -0.128. The average molecular weight is 260 g/mol. The molecule has 1 heterocycles. The van der Waals surface area contributed by atoms with Crippen LogP contribution < -0.4 is 5.32 Å². The number of amides is 1. The van der Waals surface area contributed by atoms with Crippen molar-refractivity contribution in [1.82, 2.24) is 10.2 Å². The molecule has 1 aromatic carbocycles. The molecule has 2 rings (SSSR count). The van der Waals surface area contributed by atoms with Crippen LogP contribution in [0.1, 0.15) is 49.8 Å². The molecule has 0 radical (unpaired) electrons. The SMILES string of the molecule is CNC(CN1CCCC1=O)c1ccc(C(C)C)cc1. The first kappa shape index (κ1) is 14.1. The van der Waals surface area contributed by atoms with Crippen molar-refractivity contribution in [3.05, 3.63) is 35.4 Å². The fraction of sp³-hybridized carbons (Fsp3) is 0.562. The van der Waals surface area contributed by atoms with Gasteiger partial charge in [0.25, 0.3) is 0 Å². The Bertz CT molecular complexity index is 425. The van der Waals surface area contributed by atoms with Crippen LogP contribution in [0, 0.1) is 0 Å². The second-order valence-corrected chi connectivity index (χ2v) is 5.61. The van der Waals surface area contributed by atoms with Gasteiger partial charge < -0.3 is 10.2 Å². The Morgan fingerprint density at radius 2 is 1.84 bits per heavy atom. The molecule has 0 spiro atoms. The van der Waals surface area contributed by atoms with Crippen molar-refractivity contribution in [1.29, 1.82) is 0 Å². The third kappa shape index (κ3) is 3.35. The van der Waals surface area contributed by atoms with Crippen molar-refractivity contribution in [2.45, 2.75) is 38.6 Å².